The van der Waals surface area contributed by atoms with Crippen LogP contribution in [-0.2, 0) is 14.6 Å². The standard InChI is InChI=1S/C11H9F3N2O5S2.C7H6O2/c1-23(20,21)3-2-16-8(17)6-5(4-22-7(6)9(16)18)15-10(19)11(12,13)14;1-2-4-7-6(3-1)8-5-9-7/h4H,2-3H2,1H3,(H,15,19);1-4H,5H2. The second-order valence-corrected chi connectivity index (χ2v) is 9.69. The van der Waals surface area contributed by atoms with Gasteiger partial charge in [-0.1, -0.05) is 12.1 Å². The summed E-state index contributed by atoms with van der Waals surface area (Å²) in [6.45, 7) is -0.0517. The van der Waals surface area contributed by atoms with Crippen LogP contribution in [0.25, 0.3) is 0 Å². The number of fused-ring (bicyclic) bond motifs is 2. The Morgan fingerprint density at radius 1 is 1.16 bits per heavy atom. The third-order valence-electron chi connectivity index (χ3n) is 4.16. The molecule has 4 rings (SSSR count). The number of halogens is 3. The predicted octanol–water partition coefficient (Wildman–Crippen LogP) is 2.30. The molecule has 9 nitrogen and oxygen atoms in total. The molecule has 0 bridgehead atoms. The lowest BCUT2D eigenvalue weighted by atomic mass is 10.2. The number of para-hydroxylation sites is 2. The van der Waals surface area contributed by atoms with E-state index >= 15 is 0 Å². The summed E-state index contributed by atoms with van der Waals surface area (Å²) in [5.41, 5.74) is -0.779. The van der Waals surface area contributed by atoms with Crippen LogP contribution < -0.4 is 14.8 Å². The minimum absolute atomic E-state index is 0.138. The van der Waals surface area contributed by atoms with Gasteiger partial charge in [0.1, 0.15) is 14.7 Å². The maximum absolute atomic E-state index is 12.3. The van der Waals surface area contributed by atoms with Crippen molar-refractivity contribution in [2.75, 3.05) is 30.7 Å². The number of carbonyl (C=O) groups excluding carboxylic acids is 3. The SMILES string of the molecule is CS(=O)(=O)CCN1C(=O)c2scc(NC(=O)C(F)(F)F)c2C1=O.c1ccc2c(c1)OCO2. The number of imide groups is 1. The van der Waals surface area contributed by atoms with E-state index in [1.807, 2.05) is 24.3 Å². The second-order valence-electron chi connectivity index (χ2n) is 6.55. The fraction of sp³-hybridized carbons (Fsp3) is 0.278. The minimum atomic E-state index is -5.14. The molecule has 2 aliphatic heterocycles. The number of thiophene rings is 1. The normalized spacial score (nSPS) is 14.7. The van der Waals surface area contributed by atoms with Gasteiger partial charge in [-0.3, -0.25) is 19.3 Å². The van der Waals surface area contributed by atoms with Gasteiger partial charge in [0.05, 0.1) is 17.0 Å². The second kappa shape index (κ2) is 8.78. The van der Waals surface area contributed by atoms with Crippen molar-refractivity contribution >= 4 is 44.6 Å². The van der Waals surface area contributed by atoms with Crippen LogP contribution in [0.4, 0.5) is 18.9 Å². The van der Waals surface area contributed by atoms with E-state index in [1.165, 1.54) is 5.32 Å². The summed E-state index contributed by atoms with van der Waals surface area (Å²) >= 11 is 0.697. The number of ether oxygens (including phenoxy) is 2. The Morgan fingerprint density at radius 2 is 1.75 bits per heavy atom. The van der Waals surface area contributed by atoms with E-state index < -0.39 is 51.7 Å². The molecule has 0 spiro atoms. The summed E-state index contributed by atoms with van der Waals surface area (Å²) in [4.78, 5) is 35.6. The number of hydrogen-bond acceptors (Lipinski definition) is 8. The van der Waals surface area contributed by atoms with Crippen LogP contribution in [0.5, 0.6) is 11.5 Å². The Hall–Kier alpha value is -3.13. The molecule has 0 fully saturated rings. The number of nitrogens with zero attached hydrogens (tertiary/aromatic N) is 1. The van der Waals surface area contributed by atoms with Crippen molar-refractivity contribution in [3.8, 4) is 11.5 Å². The molecule has 2 aliphatic rings. The molecule has 0 atom stereocenters. The minimum Gasteiger partial charge on any atom is -0.454 e. The highest BCUT2D eigenvalue weighted by molar-refractivity contribution is 7.90. The van der Waals surface area contributed by atoms with Crippen molar-refractivity contribution in [2.24, 2.45) is 0 Å². The number of amides is 3. The molecule has 1 aromatic heterocycles. The number of anilines is 1. The van der Waals surface area contributed by atoms with Crippen molar-refractivity contribution < 1.29 is 45.4 Å². The first kappa shape index (κ1) is 23.5. The first-order valence-electron chi connectivity index (χ1n) is 8.76. The Kier molecular flexibility index (Phi) is 6.46. The van der Waals surface area contributed by atoms with Crippen LogP contribution >= 0.6 is 11.3 Å². The molecular formula is C18H15F3N2O7S2. The fourth-order valence-corrected chi connectivity index (χ4v) is 4.12. The molecule has 172 valence electrons. The van der Waals surface area contributed by atoms with Crippen LogP contribution in [0, 0.1) is 0 Å². The third-order valence-corrected chi connectivity index (χ3v) is 6.05. The van der Waals surface area contributed by atoms with Gasteiger partial charge in [-0.05, 0) is 12.1 Å². The number of carbonyl (C=O) groups is 3. The molecule has 0 aliphatic carbocycles. The zero-order valence-corrected chi connectivity index (χ0v) is 17.9. The summed E-state index contributed by atoms with van der Waals surface area (Å²) in [5, 5.41) is 2.59. The maximum Gasteiger partial charge on any atom is 0.471 e. The van der Waals surface area contributed by atoms with Gasteiger partial charge in [0.2, 0.25) is 6.79 Å². The number of sulfone groups is 1. The van der Waals surface area contributed by atoms with Crippen molar-refractivity contribution in [3.05, 3.63) is 40.1 Å². The number of alkyl halides is 3. The average Bonchev–Trinajstić information content (AvgIpc) is 3.38. The predicted molar refractivity (Wildman–Crippen MR) is 107 cm³/mol. The smallest absolute Gasteiger partial charge is 0.454 e. The van der Waals surface area contributed by atoms with Gasteiger partial charge in [-0.2, -0.15) is 13.2 Å². The first-order chi connectivity index (χ1) is 14.9. The zero-order chi connectivity index (χ0) is 23.7. The molecular weight excluding hydrogens is 477 g/mol. The Labute approximate surface area is 183 Å². The van der Waals surface area contributed by atoms with E-state index in [0.717, 1.165) is 23.1 Å². The molecule has 0 radical (unpaired) electrons. The topological polar surface area (TPSA) is 119 Å². The molecule has 1 aromatic carbocycles. The van der Waals surface area contributed by atoms with Gasteiger partial charge in [0.25, 0.3) is 11.8 Å². The van der Waals surface area contributed by atoms with Crippen LogP contribution in [0.1, 0.15) is 20.0 Å². The van der Waals surface area contributed by atoms with Gasteiger partial charge in [-0.15, -0.1) is 11.3 Å². The summed E-state index contributed by atoms with van der Waals surface area (Å²) in [6, 6.07) is 7.63. The van der Waals surface area contributed by atoms with Crippen LogP contribution in [-0.4, -0.2) is 62.6 Å². The number of benzene rings is 1. The third kappa shape index (κ3) is 5.19. The lowest BCUT2D eigenvalue weighted by Crippen LogP contribution is -2.34. The molecule has 2 aromatic rings. The molecule has 3 amide bonds. The van der Waals surface area contributed by atoms with Crippen molar-refractivity contribution in [2.45, 2.75) is 6.18 Å². The number of hydrogen-bond donors (Lipinski definition) is 1. The van der Waals surface area contributed by atoms with Crippen LogP contribution in [0.2, 0.25) is 0 Å². The monoisotopic (exact) mass is 492 g/mol. The molecule has 0 unspecified atom stereocenters. The number of nitrogens with one attached hydrogen (secondary N) is 1. The number of rotatable bonds is 4. The highest BCUT2D eigenvalue weighted by Crippen LogP contribution is 2.35. The first-order valence-corrected chi connectivity index (χ1v) is 11.7. The van der Waals surface area contributed by atoms with Crippen molar-refractivity contribution in [1.29, 1.82) is 0 Å². The van der Waals surface area contributed by atoms with E-state index in [2.05, 4.69) is 0 Å². The molecule has 1 N–H and O–H groups in total. The zero-order valence-electron chi connectivity index (χ0n) is 16.3. The van der Waals surface area contributed by atoms with Gasteiger partial charge < -0.3 is 14.8 Å². The fourth-order valence-electron chi connectivity index (χ4n) is 2.67. The molecule has 0 saturated carbocycles. The highest BCUT2D eigenvalue weighted by Gasteiger charge is 2.43. The Balaban J connectivity index is 0.000000264. The summed E-state index contributed by atoms with van der Waals surface area (Å²) in [5.74, 6) is -2.79. The van der Waals surface area contributed by atoms with Gasteiger partial charge in [0.15, 0.2) is 11.5 Å². The van der Waals surface area contributed by atoms with Crippen molar-refractivity contribution in [3.63, 3.8) is 0 Å². The van der Waals surface area contributed by atoms with E-state index in [0.29, 0.717) is 23.0 Å². The Bertz CT molecular complexity index is 1150. The van der Waals surface area contributed by atoms with Gasteiger partial charge >= 0.3 is 12.1 Å². The summed E-state index contributed by atoms with van der Waals surface area (Å²) in [7, 11) is -3.44. The maximum atomic E-state index is 12.3. The van der Waals surface area contributed by atoms with Gasteiger partial charge in [-0.25, -0.2) is 8.42 Å². The van der Waals surface area contributed by atoms with Gasteiger partial charge in [0, 0.05) is 18.2 Å². The van der Waals surface area contributed by atoms with E-state index in [4.69, 9.17) is 9.47 Å². The van der Waals surface area contributed by atoms with Crippen molar-refractivity contribution in [1.82, 2.24) is 4.90 Å². The van der Waals surface area contributed by atoms with E-state index in [1.54, 1.807) is 0 Å². The highest BCUT2D eigenvalue weighted by atomic mass is 32.2. The summed E-state index contributed by atoms with van der Waals surface area (Å²) < 4.78 is 69.1. The molecule has 0 saturated heterocycles. The Morgan fingerprint density at radius 3 is 2.28 bits per heavy atom. The summed E-state index contributed by atoms with van der Waals surface area (Å²) in [6.07, 6.45) is -4.22. The molecule has 32 heavy (non-hydrogen) atoms. The van der Waals surface area contributed by atoms with Crippen LogP contribution in [0.3, 0.4) is 0 Å². The molecule has 3 heterocycles. The average molecular weight is 492 g/mol. The largest absolute Gasteiger partial charge is 0.471 e. The quantitative estimate of drug-likeness (QED) is 0.651. The lowest BCUT2D eigenvalue weighted by molar-refractivity contribution is -0.167. The van der Waals surface area contributed by atoms with E-state index in [9.17, 15) is 36.0 Å². The van der Waals surface area contributed by atoms with E-state index in [-0.39, 0.29) is 10.4 Å². The lowest BCUT2D eigenvalue weighted by Gasteiger charge is -2.13. The van der Waals surface area contributed by atoms with Crippen LogP contribution in [0.15, 0.2) is 29.6 Å². The molecule has 14 heteroatoms.